The molecule has 0 fully saturated rings. The summed E-state index contributed by atoms with van der Waals surface area (Å²) in [5.41, 5.74) is 0.631. The minimum atomic E-state index is -0.221. The van der Waals surface area contributed by atoms with Crippen LogP contribution in [0.3, 0.4) is 0 Å². The Balaban J connectivity index is 1.91. The molecule has 0 radical (unpaired) electrons. The Morgan fingerprint density at radius 2 is 2.00 bits per heavy atom. The first kappa shape index (κ1) is 17.5. The lowest BCUT2D eigenvalue weighted by Gasteiger charge is -2.21. The van der Waals surface area contributed by atoms with Crippen molar-refractivity contribution < 1.29 is 19.1 Å². The number of rotatable bonds is 7. The molecule has 1 aromatic carbocycles. The van der Waals surface area contributed by atoms with Crippen molar-refractivity contribution in [1.29, 1.82) is 0 Å². The summed E-state index contributed by atoms with van der Waals surface area (Å²) in [6.45, 7) is 3.47. The molecule has 1 aliphatic heterocycles. The monoisotopic (exact) mass is 338 g/mol. The van der Waals surface area contributed by atoms with Crippen LogP contribution in [0.15, 0.2) is 18.2 Å². The molecule has 23 heavy (non-hydrogen) atoms. The number of carbonyl (C=O) groups excluding carboxylic acids is 2. The van der Waals surface area contributed by atoms with Gasteiger partial charge in [0.25, 0.3) is 0 Å². The molecule has 0 saturated heterocycles. The molecule has 0 spiro atoms. The minimum absolute atomic E-state index is 0.000765. The molecule has 0 aliphatic carbocycles. The number of ether oxygens (including phenoxy) is 2. The van der Waals surface area contributed by atoms with Crippen molar-refractivity contribution in [1.82, 2.24) is 4.90 Å². The first-order valence-electron chi connectivity index (χ1n) is 7.60. The first-order chi connectivity index (χ1) is 11.1. The van der Waals surface area contributed by atoms with E-state index in [9.17, 15) is 9.59 Å². The quantitative estimate of drug-likeness (QED) is 0.823. The van der Waals surface area contributed by atoms with Crippen molar-refractivity contribution >= 4 is 29.3 Å². The number of hydrogen-bond acceptors (Lipinski definition) is 5. The van der Waals surface area contributed by atoms with E-state index >= 15 is 0 Å². The molecule has 0 atom stereocenters. The summed E-state index contributed by atoms with van der Waals surface area (Å²) in [6, 6.07) is 5.26. The molecule has 1 aromatic rings. The number of amides is 2. The zero-order valence-electron chi connectivity index (χ0n) is 13.5. The Morgan fingerprint density at radius 3 is 2.70 bits per heavy atom. The second-order valence-corrected chi connectivity index (χ2v) is 6.04. The largest absolute Gasteiger partial charge is 0.486 e. The van der Waals surface area contributed by atoms with Crippen LogP contribution in [-0.4, -0.2) is 55.0 Å². The highest BCUT2D eigenvalue weighted by Gasteiger charge is 2.16. The van der Waals surface area contributed by atoms with Gasteiger partial charge in [-0.05, 0) is 25.3 Å². The fraction of sp³-hybridized carbons (Fsp3) is 0.500. The van der Waals surface area contributed by atoms with Crippen LogP contribution in [-0.2, 0) is 9.59 Å². The molecule has 0 aromatic heterocycles. The molecule has 7 heteroatoms. The zero-order valence-corrected chi connectivity index (χ0v) is 14.3. The first-order valence-corrected chi connectivity index (χ1v) is 8.99. The van der Waals surface area contributed by atoms with E-state index in [1.165, 1.54) is 0 Å². The Kier molecular flexibility index (Phi) is 6.58. The van der Waals surface area contributed by atoms with E-state index in [2.05, 4.69) is 5.32 Å². The van der Waals surface area contributed by atoms with Gasteiger partial charge in [-0.2, -0.15) is 11.8 Å². The number of thioether (sulfide) groups is 1. The molecule has 2 rings (SSSR count). The molecule has 6 nitrogen and oxygen atoms in total. The van der Waals surface area contributed by atoms with E-state index in [4.69, 9.17) is 9.47 Å². The number of fused-ring (bicyclic) bond motifs is 1. The molecule has 0 bridgehead atoms. The van der Waals surface area contributed by atoms with Crippen LogP contribution in [0.1, 0.15) is 13.3 Å². The molecular formula is C16H22N2O4S. The van der Waals surface area contributed by atoms with Crippen molar-refractivity contribution in [3.8, 4) is 11.5 Å². The standard InChI is InChI=1S/C16H22N2O4S/c1-3-18(16(20)6-9-23-2)11-15(19)17-12-4-5-13-14(10-12)22-8-7-21-13/h4-5,10H,3,6-9,11H2,1-2H3,(H,17,19). The van der Waals surface area contributed by atoms with Gasteiger partial charge in [0.15, 0.2) is 11.5 Å². The van der Waals surface area contributed by atoms with Gasteiger partial charge in [0, 0.05) is 30.5 Å². The predicted molar refractivity (Wildman–Crippen MR) is 91.3 cm³/mol. The Morgan fingerprint density at radius 1 is 1.26 bits per heavy atom. The molecule has 126 valence electrons. The smallest absolute Gasteiger partial charge is 0.243 e. The Labute approximate surface area is 140 Å². The number of benzene rings is 1. The number of nitrogens with zero attached hydrogens (tertiary/aromatic N) is 1. The number of hydrogen-bond donors (Lipinski definition) is 1. The van der Waals surface area contributed by atoms with Gasteiger partial charge in [-0.1, -0.05) is 0 Å². The molecule has 2 amide bonds. The Bertz CT molecular complexity index is 565. The average molecular weight is 338 g/mol. The van der Waals surface area contributed by atoms with Crippen LogP contribution in [0.4, 0.5) is 5.69 Å². The number of likely N-dealkylation sites (N-methyl/N-ethyl adjacent to an activating group) is 1. The van der Waals surface area contributed by atoms with Gasteiger partial charge in [0.05, 0.1) is 6.54 Å². The van der Waals surface area contributed by atoms with Gasteiger partial charge >= 0.3 is 0 Å². The van der Waals surface area contributed by atoms with Crippen molar-refractivity contribution in [2.24, 2.45) is 0 Å². The lowest BCUT2D eigenvalue weighted by Crippen LogP contribution is -2.38. The summed E-state index contributed by atoms with van der Waals surface area (Å²) in [5.74, 6) is 1.84. The zero-order chi connectivity index (χ0) is 16.7. The van der Waals surface area contributed by atoms with Gasteiger partial charge in [-0.15, -0.1) is 0 Å². The van der Waals surface area contributed by atoms with Crippen molar-refractivity contribution in [2.45, 2.75) is 13.3 Å². The molecule has 1 N–H and O–H groups in total. The molecule has 0 saturated carbocycles. The number of anilines is 1. The lowest BCUT2D eigenvalue weighted by atomic mass is 10.2. The second kappa shape index (κ2) is 8.67. The van der Waals surface area contributed by atoms with E-state index in [0.29, 0.717) is 43.4 Å². The van der Waals surface area contributed by atoms with Crippen LogP contribution in [0, 0.1) is 0 Å². The van der Waals surface area contributed by atoms with Crippen molar-refractivity contribution in [3.63, 3.8) is 0 Å². The number of nitrogens with one attached hydrogen (secondary N) is 1. The third kappa shape index (κ3) is 5.06. The summed E-state index contributed by atoms with van der Waals surface area (Å²) in [7, 11) is 0. The average Bonchev–Trinajstić information content (AvgIpc) is 2.57. The highest BCUT2D eigenvalue weighted by atomic mass is 32.2. The van der Waals surface area contributed by atoms with Gasteiger partial charge < -0.3 is 19.7 Å². The van der Waals surface area contributed by atoms with Crippen LogP contribution >= 0.6 is 11.8 Å². The summed E-state index contributed by atoms with van der Waals surface area (Å²) in [5, 5.41) is 2.79. The van der Waals surface area contributed by atoms with Gasteiger partial charge in [0.1, 0.15) is 13.2 Å². The summed E-state index contributed by atoms with van der Waals surface area (Å²) < 4.78 is 10.9. The van der Waals surface area contributed by atoms with E-state index in [-0.39, 0.29) is 18.4 Å². The molecule has 1 aliphatic rings. The third-order valence-electron chi connectivity index (χ3n) is 3.41. The van der Waals surface area contributed by atoms with Crippen LogP contribution in [0.2, 0.25) is 0 Å². The van der Waals surface area contributed by atoms with Gasteiger partial charge in [-0.25, -0.2) is 0 Å². The van der Waals surface area contributed by atoms with Gasteiger partial charge in [-0.3, -0.25) is 9.59 Å². The maximum absolute atomic E-state index is 12.1. The van der Waals surface area contributed by atoms with E-state index in [0.717, 1.165) is 5.75 Å². The molecular weight excluding hydrogens is 316 g/mol. The Hall–Kier alpha value is -1.89. The van der Waals surface area contributed by atoms with E-state index in [1.807, 2.05) is 13.2 Å². The second-order valence-electron chi connectivity index (χ2n) is 5.06. The van der Waals surface area contributed by atoms with Crippen LogP contribution in [0.25, 0.3) is 0 Å². The third-order valence-corrected chi connectivity index (χ3v) is 4.03. The predicted octanol–water partition coefficient (Wildman–Crippen LogP) is 2.00. The maximum atomic E-state index is 12.1. The minimum Gasteiger partial charge on any atom is -0.486 e. The van der Waals surface area contributed by atoms with Crippen LogP contribution in [0.5, 0.6) is 11.5 Å². The summed E-state index contributed by atoms with van der Waals surface area (Å²) in [6.07, 6.45) is 2.41. The maximum Gasteiger partial charge on any atom is 0.243 e. The highest BCUT2D eigenvalue weighted by Crippen LogP contribution is 2.32. The fourth-order valence-corrected chi connectivity index (χ4v) is 2.60. The molecule has 1 heterocycles. The SMILES string of the molecule is CCN(CC(=O)Nc1ccc2c(c1)OCCO2)C(=O)CCSC. The topological polar surface area (TPSA) is 67.9 Å². The number of carbonyl (C=O) groups is 2. The fourth-order valence-electron chi connectivity index (χ4n) is 2.22. The summed E-state index contributed by atoms with van der Waals surface area (Å²) in [4.78, 5) is 25.7. The lowest BCUT2D eigenvalue weighted by molar-refractivity contribution is -0.134. The highest BCUT2D eigenvalue weighted by molar-refractivity contribution is 7.98. The van der Waals surface area contributed by atoms with E-state index in [1.54, 1.807) is 34.9 Å². The summed E-state index contributed by atoms with van der Waals surface area (Å²) >= 11 is 1.62. The van der Waals surface area contributed by atoms with Crippen LogP contribution < -0.4 is 14.8 Å². The van der Waals surface area contributed by atoms with E-state index < -0.39 is 0 Å². The van der Waals surface area contributed by atoms with Crippen molar-refractivity contribution in [2.75, 3.05) is 43.6 Å². The molecule has 0 unspecified atom stereocenters. The van der Waals surface area contributed by atoms with Crippen molar-refractivity contribution in [3.05, 3.63) is 18.2 Å². The normalized spacial score (nSPS) is 12.6. The van der Waals surface area contributed by atoms with Gasteiger partial charge in [0.2, 0.25) is 11.8 Å².